The second-order valence-corrected chi connectivity index (χ2v) is 6.89. The largest absolute Gasteiger partial charge is 0.481 e. The highest BCUT2D eigenvalue weighted by atomic mass is 16.4. The van der Waals surface area contributed by atoms with Crippen molar-refractivity contribution in [3.05, 3.63) is 77.9 Å². The van der Waals surface area contributed by atoms with Crippen LogP contribution in [-0.2, 0) is 17.6 Å². The van der Waals surface area contributed by atoms with Crippen LogP contribution in [0.2, 0.25) is 0 Å². The molecule has 0 unspecified atom stereocenters. The number of carbonyl (C=O) groups is 1. The highest BCUT2D eigenvalue weighted by Crippen LogP contribution is 2.34. The summed E-state index contributed by atoms with van der Waals surface area (Å²) in [6.45, 7) is 2.15. The summed E-state index contributed by atoms with van der Waals surface area (Å²) < 4.78 is 0. The summed E-state index contributed by atoms with van der Waals surface area (Å²) in [5.41, 5.74) is 6.27. The number of carboxylic acid groups (broad SMARTS) is 1. The van der Waals surface area contributed by atoms with E-state index < -0.39 is 5.97 Å². The molecule has 0 atom stereocenters. The normalized spacial score (nSPS) is 11.0. The molecule has 4 heteroatoms. The molecule has 0 radical (unpaired) electrons. The van der Waals surface area contributed by atoms with Crippen LogP contribution in [0.5, 0.6) is 0 Å². The Balaban J connectivity index is 1.77. The number of aromatic nitrogens is 1. The van der Waals surface area contributed by atoms with Gasteiger partial charge in [-0.05, 0) is 42.2 Å². The fraction of sp³-hybridized carbons (Fsp3) is 0.167. The van der Waals surface area contributed by atoms with Crippen LogP contribution >= 0.6 is 0 Å². The lowest BCUT2D eigenvalue weighted by molar-refractivity contribution is -0.136. The molecule has 4 aromatic rings. The van der Waals surface area contributed by atoms with E-state index in [1.165, 1.54) is 5.56 Å². The lowest BCUT2D eigenvalue weighted by Gasteiger charge is -2.15. The van der Waals surface area contributed by atoms with Gasteiger partial charge in [0.1, 0.15) is 0 Å². The molecule has 0 saturated heterocycles. The third-order valence-electron chi connectivity index (χ3n) is 5.03. The number of rotatable bonds is 6. The molecular formula is C24H22N2O2. The lowest BCUT2D eigenvalue weighted by Crippen LogP contribution is -1.99. The van der Waals surface area contributed by atoms with Gasteiger partial charge in [0.25, 0.3) is 0 Å². The van der Waals surface area contributed by atoms with Crippen molar-refractivity contribution in [2.45, 2.75) is 26.2 Å². The molecule has 0 amide bonds. The predicted octanol–water partition coefficient (Wildman–Crippen LogP) is 5.71. The van der Waals surface area contributed by atoms with Gasteiger partial charge in [-0.1, -0.05) is 55.5 Å². The Bertz CT molecular complexity index is 1150. The number of hydrogen-bond donors (Lipinski definition) is 2. The van der Waals surface area contributed by atoms with E-state index in [-0.39, 0.29) is 6.42 Å². The first kappa shape index (κ1) is 18.0. The quantitative estimate of drug-likeness (QED) is 0.427. The number of aryl methyl sites for hydroxylation is 2. The molecule has 0 aliphatic rings. The Hall–Kier alpha value is -3.40. The van der Waals surface area contributed by atoms with Crippen molar-refractivity contribution < 1.29 is 9.90 Å². The molecule has 1 aromatic heterocycles. The molecule has 0 fully saturated rings. The average Bonchev–Trinajstić information content (AvgIpc) is 2.72. The van der Waals surface area contributed by atoms with E-state index in [4.69, 9.17) is 10.1 Å². The highest BCUT2D eigenvalue weighted by molar-refractivity contribution is 6.09. The third-order valence-corrected chi connectivity index (χ3v) is 5.03. The fourth-order valence-corrected chi connectivity index (χ4v) is 3.54. The summed E-state index contributed by atoms with van der Waals surface area (Å²) in [4.78, 5) is 15.7. The number of anilines is 2. The maximum Gasteiger partial charge on any atom is 0.303 e. The minimum atomic E-state index is -0.774. The zero-order valence-corrected chi connectivity index (χ0v) is 15.8. The number of nitrogens with zero attached hydrogens (tertiary/aromatic N) is 1. The highest BCUT2D eigenvalue weighted by Gasteiger charge is 2.11. The number of pyridine rings is 1. The van der Waals surface area contributed by atoms with Crippen LogP contribution in [0.4, 0.5) is 11.4 Å². The van der Waals surface area contributed by atoms with Crippen LogP contribution in [0.1, 0.15) is 24.5 Å². The number of nitrogens with one attached hydrogen (secondary N) is 1. The zero-order chi connectivity index (χ0) is 19.5. The first-order valence-corrected chi connectivity index (χ1v) is 9.54. The maximum atomic E-state index is 10.8. The van der Waals surface area contributed by atoms with Gasteiger partial charge >= 0.3 is 5.97 Å². The van der Waals surface area contributed by atoms with E-state index in [1.54, 1.807) is 0 Å². The van der Waals surface area contributed by atoms with Crippen molar-refractivity contribution in [3.8, 4) is 0 Å². The summed E-state index contributed by atoms with van der Waals surface area (Å²) >= 11 is 0. The van der Waals surface area contributed by atoms with E-state index in [0.29, 0.717) is 6.42 Å². The molecule has 28 heavy (non-hydrogen) atoms. The van der Waals surface area contributed by atoms with Crippen molar-refractivity contribution in [3.63, 3.8) is 0 Å². The SMILES string of the molecule is CCc1cccc2c(Nc3ccc(CCC(=O)O)cc3)c3ccccc3nc12. The van der Waals surface area contributed by atoms with Crippen molar-refractivity contribution in [1.82, 2.24) is 4.98 Å². The maximum absolute atomic E-state index is 10.8. The molecule has 0 spiro atoms. The van der Waals surface area contributed by atoms with Gasteiger partial charge in [-0.2, -0.15) is 0 Å². The van der Waals surface area contributed by atoms with Gasteiger partial charge in [0.2, 0.25) is 0 Å². The average molecular weight is 370 g/mol. The summed E-state index contributed by atoms with van der Waals surface area (Å²) in [5, 5.41) is 14.6. The Morgan fingerprint density at radius 3 is 2.46 bits per heavy atom. The molecule has 0 bridgehead atoms. The summed E-state index contributed by atoms with van der Waals surface area (Å²) in [6.07, 6.45) is 1.61. The van der Waals surface area contributed by atoms with Gasteiger partial charge in [-0.3, -0.25) is 4.79 Å². The molecular weight excluding hydrogens is 348 g/mol. The molecule has 4 nitrogen and oxygen atoms in total. The van der Waals surface area contributed by atoms with Gasteiger partial charge in [-0.25, -0.2) is 4.98 Å². The summed E-state index contributed by atoms with van der Waals surface area (Å²) in [6, 6.07) is 22.5. The van der Waals surface area contributed by atoms with Crippen LogP contribution in [-0.4, -0.2) is 16.1 Å². The van der Waals surface area contributed by atoms with Crippen molar-refractivity contribution in [2.75, 3.05) is 5.32 Å². The van der Waals surface area contributed by atoms with E-state index in [9.17, 15) is 4.79 Å². The molecule has 4 rings (SSSR count). The van der Waals surface area contributed by atoms with E-state index in [2.05, 4.69) is 36.5 Å². The van der Waals surface area contributed by atoms with Crippen LogP contribution < -0.4 is 5.32 Å². The van der Waals surface area contributed by atoms with Crippen LogP contribution in [0.25, 0.3) is 21.8 Å². The predicted molar refractivity (Wildman–Crippen MR) is 114 cm³/mol. The van der Waals surface area contributed by atoms with Gasteiger partial charge in [0.05, 0.1) is 16.7 Å². The molecule has 0 saturated carbocycles. The van der Waals surface area contributed by atoms with Crippen LogP contribution in [0.3, 0.4) is 0 Å². The Morgan fingerprint density at radius 2 is 1.71 bits per heavy atom. The minimum absolute atomic E-state index is 0.145. The number of carboxylic acids is 1. The first-order chi connectivity index (χ1) is 13.7. The second kappa shape index (κ2) is 7.69. The van der Waals surface area contributed by atoms with Crippen molar-refractivity contribution in [1.29, 1.82) is 0 Å². The molecule has 1 heterocycles. The van der Waals surface area contributed by atoms with Crippen molar-refractivity contribution in [2.24, 2.45) is 0 Å². The number of hydrogen-bond acceptors (Lipinski definition) is 3. The van der Waals surface area contributed by atoms with Crippen molar-refractivity contribution >= 4 is 39.1 Å². The van der Waals surface area contributed by atoms with Gasteiger partial charge in [-0.15, -0.1) is 0 Å². The zero-order valence-electron chi connectivity index (χ0n) is 15.8. The van der Waals surface area contributed by atoms with Gasteiger partial charge < -0.3 is 10.4 Å². The summed E-state index contributed by atoms with van der Waals surface area (Å²) in [5.74, 6) is -0.774. The molecule has 3 aromatic carbocycles. The van der Waals surface area contributed by atoms with E-state index >= 15 is 0 Å². The Morgan fingerprint density at radius 1 is 0.964 bits per heavy atom. The number of benzene rings is 3. The van der Waals surface area contributed by atoms with Gasteiger partial charge in [0.15, 0.2) is 0 Å². The smallest absolute Gasteiger partial charge is 0.303 e. The monoisotopic (exact) mass is 370 g/mol. The summed E-state index contributed by atoms with van der Waals surface area (Å²) in [7, 11) is 0. The lowest BCUT2D eigenvalue weighted by atomic mass is 10.0. The van der Waals surface area contributed by atoms with E-state index in [1.807, 2.05) is 42.5 Å². The van der Waals surface area contributed by atoms with Crippen LogP contribution in [0.15, 0.2) is 66.7 Å². The Labute approximate surface area is 163 Å². The number of fused-ring (bicyclic) bond motifs is 2. The molecule has 0 aliphatic heterocycles. The first-order valence-electron chi connectivity index (χ1n) is 9.54. The topological polar surface area (TPSA) is 62.2 Å². The molecule has 140 valence electrons. The Kier molecular flexibility index (Phi) is 4.94. The van der Waals surface area contributed by atoms with Crippen LogP contribution in [0, 0.1) is 0 Å². The fourth-order valence-electron chi connectivity index (χ4n) is 3.54. The molecule has 2 N–H and O–H groups in total. The minimum Gasteiger partial charge on any atom is -0.481 e. The second-order valence-electron chi connectivity index (χ2n) is 6.89. The number of aliphatic carboxylic acids is 1. The standard InChI is InChI=1S/C24H22N2O2/c1-2-17-6-5-8-20-23(17)26-21-9-4-3-7-19(21)24(20)25-18-13-10-16(11-14-18)12-15-22(27)28/h3-11,13-14H,2,12,15H2,1H3,(H,25,26)(H,27,28). The third kappa shape index (κ3) is 3.54. The number of para-hydroxylation sites is 2. The van der Waals surface area contributed by atoms with E-state index in [0.717, 1.165) is 45.2 Å². The van der Waals surface area contributed by atoms with Gasteiger partial charge in [0, 0.05) is 22.9 Å². The molecule has 0 aliphatic carbocycles.